The molecule has 6 heteroatoms. The van der Waals surface area contributed by atoms with Crippen molar-refractivity contribution in [2.75, 3.05) is 32.8 Å². The number of hydrogen-bond acceptors (Lipinski definition) is 4. The molecule has 3 aliphatic rings. The molecule has 1 N–H and O–H groups in total. The van der Waals surface area contributed by atoms with Gasteiger partial charge in [-0.15, -0.1) is 0 Å². The molecule has 0 saturated carbocycles. The van der Waals surface area contributed by atoms with Gasteiger partial charge < -0.3 is 19.5 Å². The van der Waals surface area contributed by atoms with Gasteiger partial charge in [-0.2, -0.15) is 0 Å². The van der Waals surface area contributed by atoms with E-state index in [1.807, 2.05) is 13.3 Å². The quantitative estimate of drug-likeness (QED) is 0.884. The van der Waals surface area contributed by atoms with Crippen LogP contribution in [-0.2, 0) is 21.5 Å². The number of carbonyl (C=O) groups is 1. The summed E-state index contributed by atoms with van der Waals surface area (Å²) >= 11 is 0. The van der Waals surface area contributed by atoms with Crippen LogP contribution in [0, 0.1) is 5.92 Å². The summed E-state index contributed by atoms with van der Waals surface area (Å²) < 4.78 is 5.88. The van der Waals surface area contributed by atoms with Crippen LogP contribution in [0.25, 0.3) is 0 Å². The monoisotopic (exact) mass is 374 g/mol. The van der Waals surface area contributed by atoms with Gasteiger partial charge in [0.2, 0.25) is 5.91 Å². The molecule has 1 aromatic rings. The molecule has 0 aliphatic carbocycles. The molecule has 27 heavy (non-hydrogen) atoms. The average molecular weight is 375 g/mol. The van der Waals surface area contributed by atoms with Gasteiger partial charge >= 0.3 is 0 Å². The van der Waals surface area contributed by atoms with E-state index < -0.39 is 0 Å². The second-order valence-electron chi connectivity index (χ2n) is 9.18. The number of nitrogens with one attached hydrogen (secondary N) is 1. The Hall–Kier alpha value is -1.40. The first-order valence-electron chi connectivity index (χ1n) is 10.6. The molecule has 4 heterocycles. The maximum Gasteiger partial charge on any atom is 0.223 e. The number of nitrogens with zero attached hydrogens (tertiary/aromatic N) is 3. The highest BCUT2D eigenvalue weighted by Crippen LogP contribution is 2.43. The number of hydrogen-bond donors (Lipinski definition) is 1. The third-order valence-corrected chi connectivity index (χ3v) is 6.86. The second-order valence-corrected chi connectivity index (χ2v) is 9.18. The molecule has 1 spiro atoms. The SMILES string of the molecule is CCC(=O)N1CCc2[nH]cnc2C12CCN(C[C@@H]1CCOC(C)(C)C1)CC2. The van der Waals surface area contributed by atoms with E-state index in [0.717, 1.165) is 70.6 Å². The van der Waals surface area contributed by atoms with E-state index in [0.29, 0.717) is 12.3 Å². The van der Waals surface area contributed by atoms with Crippen LogP contribution in [0.4, 0.5) is 0 Å². The summed E-state index contributed by atoms with van der Waals surface area (Å²) in [6.45, 7) is 11.3. The number of ether oxygens (including phenoxy) is 1. The largest absolute Gasteiger partial charge is 0.376 e. The summed E-state index contributed by atoms with van der Waals surface area (Å²) in [5, 5.41) is 0. The number of piperidine rings is 1. The fourth-order valence-electron chi connectivity index (χ4n) is 5.52. The Kier molecular flexibility index (Phi) is 5.06. The third-order valence-electron chi connectivity index (χ3n) is 6.86. The molecule has 0 radical (unpaired) electrons. The number of rotatable bonds is 3. The van der Waals surface area contributed by atoms with Gasteiger partial charge in [0.15, 0.2) is 0 Å². The lowest BCUT2D eigenvalue weighted by molar-refractivity contribution is -0.142. The molecule has 6 nitrogen and oxygen atoms in total. The Morgan fingerprint density at radius 2 is 2.11 bits per heavy atom. The van der Waals surface area contributed by atoms with E-state index in [4.69, 9.17) is 4.74 Å². The van der Waals surface area contributed by atoms with E-state index >= 15 is 0 Å². The van der Waals surface area contributed by atoms with Crippen LogP contribution in [0.15, 0.2) is 6.33 Å². The molecule has 1 atom stereocenters. The number of amides is 1. The summed E-state index contributed by atoms with van der Waals surface area (Å²) in [5.74, 6) is 0.978. The van der Waals surface area contributed by atoms with E-state index in [2.05, 4.69) is 33.6 Å². The first-order valence-corrected chi connectivity index (χ1v) is 10.6. The molecule has 4 rings (SSSR count). The van der Waals surface area contributed by atoms with Crippen molar-refractivity contribution in [2.45, 2.75) is 70.4 Å². The van der Waals surface area contributed by atoms with E-state index in [1.165, 1.54) is 5.69 Å². The van der Waals surface area contributed by atoms with Gasteiger partial charge in [-0.1, -0.05) is 6.92 Å². The van der Waals surface area contributed by atoms with Gasteiger partial charge in [0.25, 0.3) is 0 Å². The van der Waals surface area contributed by atoms with Crippen LogP contribution in [0.5, 0.6) is 0 Å². The standard InChI is InChI=1S/C21H34N4O2/c1-4-18(26)25-9-5-17-19(23-15-22-17)21(25)7-10-24(11-8-21)14-16-6-12-27-20(2,3)13-16/h15-16H,4-14H2,1-3H3,(H,22,23)/t16-/m1/s1. The molecule has 3 aliphatic heterocycles. The summed E-state index contributed by atoms with van der Waals surface area (Å²) in [6.07, 6.45) is 7.55. The molecule has 150 valence electrons. The molecule has 0 unspecified atom stereocenters. The number of likely N-dealkylation sites (tertiary alicyclic amines) is 1. The van der Waals surface area contributed by atoms with Crippen molar-refractivity contribution in [3.05, 3.63) is 17.7 Å². The van der Waals surface area contributed by atoms with Crippen molar-refractivity contribution in [1.82, 2.24) is 19.8 Å². The summed E-state index contributed by atoms with van der Waals surface area (Å²) in [7, 11) is 0. The van der Waals surface area contributed by atoms with E-state index in [9.17, 15) is 4.79 Å². The smallest absolute Gasteiger partial charge is 0.223 e. The summed E-state index contributed by atoms with van der Waals surface area (Å²) in [6, 6.07) is 0. The minimum Gasteiger partial charge on any atom is -0.376 e. The molecule has 0 bridgehead atoms. The Balaban J connectivity index is 1.47. The molecule has 1 aromatic heterocycles. The number of imidazole rings is 1. The number of fused-ring (bicyclic) bond motifs is 2. The lowest BCUT2D eigenvalue weighted by atomic mass is 9.78. The number of aromatic nitrogens is 2. The second kappa shape index (κ2) is 7.21. The van der Waals surface area contributed by atoms with Crippen molar-refractivity contribution in [3.63, 3.8) is 0 Å². The zero-order valence-electron chi connectivity index (χ0n) is 17.1. The summed E-state index contributed by atoms with van der Waals surface area (Å²) in [4.78, 5) is 25.4. The maximum absolute atomic E-state index is 12.7. The lowest BCUT2D eigenvalue weighted by Gasteiger charge is -2.51. The highest BCUT2D eigenvalue weighted by molar-refractivity contribution is 5.77. The molecular weight excluding hydrogens is 340 g/mol. The predicted molar refractivity (Wildman–Crippen MR) is 104 cm³/mol. The van der Waals surface area contributed by atoms with Crippen molar-refractivity contribution >= 4 is 5.91 Å². The van der Waals surface area contributed by atoms with Gasteiger partial charge in [-0.3, -0.25) is 4.79 Å². The lowest BCUT2D eigenvalue weighted by Crippen LogP contribution is -2.58. The van der Waals surface area contributed by atoms with Crippen LogP contribution >= 0.6 is 0 Å². The minimum atomic E-state index is -0.202. The zero-order chi connectivity index (χ0) is 19.1. The van der Waals surface area contributed by atoms with Crippen LogP contribution in [0.2, 0.25) is 0 Å². The number of carbonyl (C=O) groups excluding carboxylic acids is 1. The molecule has 1 amide bonds. The van der Waals surface area contributed by atoms with Crippen molar-refractivity contribution in [3.8, 4) is 0 Å². The van der Waals surface area contributed by atoms with Crippen molar-refractivity contribution < 1.29 is 9.53 Å². The van der Waals surface area contributed by atoms with Crippen LogP contribution in [0.1, 0.15) is 64.3 Å². The number of H-pyrrole nitrogens is 1. The average Bonchev–Trinajstić information content (AvgIpc) is 3.12. The van der Waals surface area contributed by atoms with Gasteiger partial charge in [0, 0.05) is 51.3 Å². The Morgan fingerprint density at radius 3 is 2.81 bits per heavy atom. The predicted octanol–water partition coefficient (Wildman–Crippen LogP) is 2.70. The Bertz CT molecular complexity index is 675. The molecule has 2 saturated heterocycles. The van der Waals surface area contributed by atoms with Gasteiger partial charge in [0.1, 0.15) is 0 Å². The van der Waals surface area contributed by atoms with E-state index in [1.54, 1.807) is 0 Å². The normalized spacial score (nSPS) is 27.5. The van der Waals surface area contributed by atoms with Crippen molar-refractivity contribution in [1.29, 1.82) is 0 Å². The molecular formula is C21H34N4O2. The highest BCUT2D eigenvalue weighted by atomic mass is 16.5. The third kappa shape index (κ3) is 3.54. The first-order chi connectivity index (χ1) is 12.9. The van der Waals surface area contributed by atoms with Crippen LogP contribution in [0.3, 0.4) is 0 Å². The van der Waals surface area contributed by atoms with Gasteiger partial charge in [0.05, 0.1) is 23.2 Å². The fourth-order valence-corrected chi connectivity index (χ4v) is 5.52. The van der Waals surface area contributed by atoms with E-state index in [-0.39, 0.29) is 17.0 Å². The highest BCUT2D eigenvalue weighted by Gasteiger charge is 2.48. The molecule has 0 aromatic carbocycles. The zero-order valence-corrected chi connectivity index (χ0v) is 17.1. The maximum atomic E-state index is 12.7. The number of aromatic amines is 1. The molecule has 2 fully saturated rings. The first kappa shape index (κ1) is 18.9. The Morgan fingerprint density at radius 1 is 1.33 bits per heavy atom. The summed E-state index contributed by atoms with van der Waals surface area (Å²) in [5.41, 5.74) is 2.17. The Labute approximate surface area is 162 Å². The van der Waals surface area contributed by atoms with Gasteiger partial charge in [-0.05, 0) is 45.4 Å². The minimum absolute atomic E-state index is 0.0115. The van der Waals surface area contributed by atoms with Crippen LogP contribution in [-0.4, -0.2) is 64.1 Å². The fraction of sp³-hybridized carbons (Fsp3) is 0.810. The van der Waals surface area contributed by atoms with Crippen LogP contribution < -0.4 is 0 Å². The van der Waals surface area contributed by atoms with Gasteiger partial charge in [-0.25, -0.2) is 4.98 Å². The van der Waals surface area contributed by atoms with Crippen molar-refractivity contribution in [2.24, 2.45) is 5.92 Å². The topological polar surface area (TPSA) is 61.5 Å².